The maximum atomic E-state index is 13.2. The van der Waals surface area contributed by atoms with Gasteiger partial charge in [-0.2, -0.15) is 10.4 Å². The van der Waals surface area contributed by atoms with Crippen LogP contribution in [0.2, 0.25) is 0 Å². The highest BCUT2D eigenvalue weighted by Gasteiger charge is 2.21. The third-order valence-electron chi connectivity index (χ3n) is 4.97. The van der Waals surface area contributed by atoms with Crippen molar-refractivity contribution in [1.82, 2.24) is 14.3 Å². The fraction of sp³-hybridized carbons (Fsp3) is 0.130. The average molecular weight is 429 g/mol. The number of aromatic nitrogens is 3. The Kier molecular flexibility index (Phi) is 5.52. The summed E-state index contributed by atoms with van der Waals surface area (Å²) in [5, 5.41) is 16.0. The Balaban J connectivity index is 1.69. The number of para-hydroxylation sites is 1. The molecule has 0 amide bonds. The number of hydrazone groups is 1. The summed E-state index contributed by atoms with van der Waals surface area (Å²) in [6.45, 7) is 3.88. The van der Waals surface area contributed by atoms with Crippen molar-refractivity contribution < 1.29 is 0 Å². The molecule has 154 valence electrons. The van der Waals surface area contributed by atoms with Gasteiger partial charge in [0.2, 0.25) is 0 Å². The minimum Gasteiger partial charge on any atom is -0.285 e. The van der Waals surface area contributed by atoms with Gasteiger partial charge in [0, 0.05) is 18.1 Å². The van der Waals surface area contributed by atoms with Gasteiger partial charge in [-0.15, -0.1) is 11.3 Å². The average Bonchev–Trinajstić information content (AvgIpc) is 3.33. The van der Waals surface area contributed by atoms with Crippen LogP contribution < -0.4 is 11.0 Å². The zero-order valence-corrected chi connectivity index (χ0v) is 18.1. The fourth-order valence-electron chi connectivity index (χ4n) is 3.23. The van der Waals surface area contributed by atoms with Gasteiger partial charge in [-0.25, -0.2) is 9.67 Å². The number of nitriles is 1. The molecule has 0 aliphatic rings. The molecule has 1 N–H and O–H groups in total. The zero-order chi connectivity index (χ0) is 22.0. The lowest BCUT2D eigenvalue weighted by Crippen LogP contribution is -2.20. The molecule has 2 heterocycles. The normalized spacial score (nSPS) is 11.4. The SMILES string of the molecule is Cc1ccc(N/N=C(\C#N)c2nc(-c3c(C)n(C)n(-c4ccccc4)c3=O)cs2)cc1. The first-order valence-electron chi connectivity index (χ1n) is 9.60. The van der Waals surface area contributed by atoms with Gasteiger partial charge in [-0.1, -0.05) is 35.9 Å². The molecule has 0 aliphatic heterocycles. The predicted octanol–water partition coefficient (Wildman–Crippen LogP) is 4.26. The van der Waals surface area contributed by atoms with E-state index in [9.17, 15) is 10.1 Å². The van der Waals surface area contributed by atoms with Crippen LogP contribution >= 0.6 is 11.3 Å². The summed E-state index contributed by atoms with van der Waals surface area (Å²) >= 11 is 1.28. The van der Waals surface area contributed by atoms with Crippen LogP contribution in [0.25, 0.3) is 16.9 Å². The predicted molar refractivity (Wildman–Crippen MR) is 124 cm³/mol. The zero-order valence-electron chi connectivity index (χ0n) is 17.3. The smallest absolute Gasteiger partial charge is 0.281 e. The molecule has 0 saturated heterocycles. The molecule has 7 nitrogen and oxygen atoms in total. The van der Waals surface area contributed by atoms with Gasteiger partial charge >= 0.3 is 0 Å². The van der Waals surface area contributed by atoms with Gasteiger partial charge in [0.05, 0.1) is 22.6 Å². The molecule has 2 aromatic heterocycles. The topological polar surface area (TPSA) is 88.0 Å². The van der Waals surface area contributed by atoms with Crippen LogP contribution in [-0.4, -0.2) is 20.1 Å². The molecular formula is C23H20N6OS. The number of benzene rings is 2. The molecule has 0 saturated carbocycles. The fourth-order valence-corrected chi connectivity index (χ4v) is 3.98. The Morgan fingerprint density at radius 3 is 2.52 bits per heavy atom. The van der Waals surface area contributed by atoms with E-state index >= 15 is 0 Å². The number of thiazole rings is 1. The number of rotatable bonds is 5. The Morgan fingerprint density at radius 2 is 1.84 bits per heavy atom. The van der Waals surface area contributed by atoms with Gasteiger partial charge in [0.15, 0.2) is 10.7 Å². The summed E-state index contributed by atoms with van der Waals surface area (Å²) in [5.41, 5.74) is 7.43. The lowest BCUT2D eigenvalue weighted by molar-refractivity contribution is 0.630. The quantitative estimate of drug-likeness (QED) is 0.380. The Morgan fingerprint density at radius 1 is 1.13 bits per heavy atom. The van der Waals surface area contributed by atoms with Crippen LogP contribution in [0.5, 0.6) is 0 Å². The van der Waals surface area contributed by atoms with Crippen molar-refractivity contribution in [2.24, 2.45) is 12.1 Å². The van der Waals surface area contributed by atoms with Crippen LogP contribution in [0.4, 0.5) is 5.69 Å². The lowest BCUT2D eigenvalue weighted by atomic mass is 10.2. The molecule has 31 heavy (non-hydrogen) atoms. The van der Waals surface area contributed by atoms with Crippen LogP contribution in [0.1, 0.15) is 16.3 Å². The maximum absolute atomic E-state index is 13.2. The third kappa shape index (κ3) is 3.91. The minimum absolute atomic E-state index is 0.156. The molecule has 4 rings (SSSR count). The van der Waals surface area contributed by atoms with Crippen molar-refractivity contribution in [3.63, 3.8) is 0 Å². The second-order valence-corrected chi connectivity index (χ2v) is 7.88. The number of nitrogens with one attached hydrogen (secondary N) is 1. The van der Waals surface area contributed by atoms with E-state index < -0.39 is 0 Å². The molecule has 2 aromatic carbocycles. The van der Waals surface area contributed by atoms with E-state index in [0.29, 0.717) is 16.3 Å². The molecule has 0 radical (unpaired) electrons. The summed E-state index contributed by atoms with van der Waals surface area (Å²) < 4.78 is 3.42. The number of aryl methyl sites for hydroxylation is 1. The number of nitrogens with zero attached hydrogens (tertiary/aromatic N) is 5. The second kappa shape index (κ2) is 8.42. The van der Waals surface area contributed by atoms with Gasteiger partial charge in [-0.05, 0) is 38.1 Å². The van der Waals surface area contributed by atoms with E-state index in [0.717, 1.165) is 22.6 Å². The van der Waals surface area contributed by atoms with Crippen molar-refractivity contribution in [1.29, 1.82) is 5.26 Å². The number of anilines is 1. The third-order valence-corrected chi connectivity index (χ3v) is 5.82. The minimum atomic E-state index is -0.156. The standard InChI is InChI=1S/C23H20N6OS/c1-15-9-11-17(12-10-15)26-27-19(13-24)22-25-20(14-31-22)21-16(2)28(3)29(23(21)30)18-7-5-4-6-8-18/h4-12,14,26H,1-3H3/b27-19+. The maximum Gasteiger partial charge on any atom is 0.281 e. The molecular weight excluding hydrogens is 408 g/mol. The largest absolute Gasteiger partial charge is 0.285 e. The Hall–Kier alpha value is -3.96. The van der Waals surface area contributed by atoms with Crippen LogP contribution in [0, 0.1) is 25.2 Å². The van der Waals surface area contributed by atoms with E-state index in [-0.39, 0.29) is 11.3 Å². The van der Waals surface area contributed by atoms with Gasteiger partial charge in [0.25, 0.3) is 5.56 Å². The molecule has 0 fully saturated rings. The van der Waals surface area contributed by atoms with E-state index in [2.05, 4.69) is 21.6 Å². The van der Waals surface area contributed by atoms with E-state index in [4.69, 9.17) is 0 Å². The molecule has 0 atom stereocenters. The summed E-state index contributed by atoms with van der Waals surface area (Å²) in [6.07, 6.45) is 0. The monoisotopic (exact) mass is 428 g/mol. The summed E-state index contributed by atoms with van der Waals surface area (Å²) in [7, 11) is 1.84. The van der Waals surface area contributed by atoms with E-state index in [1.54, 1.807) is 10.1 Å². The lowest BCUT2D eigenvalue weighted by Gasteiger charge is -2.07. The highest BCUT2D eigenvalue weighted by atomic mass is 32.1. The first kappa shape index (κ1) is 20.3. The molecule has 4 aromatic rings. The Labute approximate surface area is 183 Å². The summed E-state index contributed by atoms with van der Waals surface area (Å²) in [6, 6.07) is 19.2. The second-order valence-electron chi connectivity index (χ2n) is 7.02. The van der Waals surface area contributed by atoms with Crippen LogP contribution in [0.3, 0.4) is 0 Å². The van der Waals surface area contributed by atoms with Crippen molar-refractivity contribution in [2.45, 2.75) is 13.8 Å². The van der Waals surface area contributed by atoms with Crippen LogP contribution in [0.15, 0.2) is 69.9 Å². The first-order valence-corrected chi connectivity index (χ1v) is 10.5. The van der Waals surface area contributed by atoms with Crippen LogP contribution in [-0.2, 0) is 7.05 Å². The number of hydrogen-bond donors (Lipinski definition) is 1. The van der Waals surface area contributed by atoms with E-state index in [1.165, 1.54) is 11.3 Å². The van der Waals surface area contributed by atoms with Crippen molar-refractivity contribution in [2.75, 3.05) is 5.43 Å². The Bertz CT molecular complexity index is 1350. The van der Waals surface area contributed by atoms with Crippen molar-refractivity contribution in [3.05, 3.63) is 86.6 Å². The number of hydrogen-bond acceptors (Lipinski definition) is 6. The van der Waals surface area contributed by atoms with Crippen molar-refractivity contribution >= 4 is 22.7 Å². The van der Waals surface area contributed by atoms with Gasteiger partial charge in [0.1, 0.15) is 6.07 Å². The molecule has 0 unspecified atom stereocenters. The molecule has 8 heteroatoms. The molecule has 0 spiro atoms. The molecule has 0 bridgehead atoms. The first-order chi connectivity index (χ1) is 15.0. The summed E-state index contributed by atoms with van der Waals surface area (Å²) in [5.74, 6) is 0. The highest BCUT2D eigenvalue weighted by Crippen LogP contribution is 2.24. The van der Waals surface area contributed by atoms with Crippen molar-refractivity contribution in [3.8, 4) is 23.0 Å². The van der Waals surface area contributed by atoms with Gasteiger partial charge in [-0.3, -0.25) is 14.9 Å². The molecule has 0 aliphatic carbocycles. The summed E-state index contributed by atoms with van der Waals surface area (Å²) in [4.78, 5) is 17.7. The van der Waals surface area contributed by atoms with Gasteiger partial charge < -0.3 is 0 Å². The van der Waals surface area contributed by atoms with E-state index in [1.807, 2.05) is 80.2 Å². The highest BCUT2D eigenvalue weighted by molar-refractivity contribution is 7.12.